The van der Waals surface area contributed by atoms with Gasteiger partial charge in [0.2, 0.25) is 0 Å². The average Bonchev–Trinajstić information content (AvgIpc) is 2.37. The minimum atomic E-state index is -0.155. The standard InChI is InChI=1S/C13H19ClN2O2/c1-4-15-12-6-5-10(14)7-11(12)13(17)16-8-9(2)18-3/h5-7,9,15H,4,8H2,1-3H3,(H,16,17). The van der Waals surface area contributed by atoms with Crippen molar-refractivity contribution in [2.75, 3.05) is 25.5 Å². The van der Waals surface area contributed by atoms with Crippen LogP contribution < -0.4 is 10.6 Å². The van der Waals surface area contributed by atoms with E-state index in [1.807, 2.05) is 13.8 Å². The molecule has 1 amide bonds. The van der Waals surface area contributed by atoms with Crippen molar-refractivity contribution in [2.24, 2.45) is 0 Å². The van der Waals surface area contributed by atoms with Crippen molar-refractivity contribution in [2.45, 2.75) is 20.0 Å². The molecular weight excluding hydrogens is 252 g/mol. The molecule has 5 heteroatoms. The number of methoxy groups -OCH3 is 1. The van der Waals surface area contributed by atoms with E-state index in [-0.39, 0.29) is 12.0 Å². The zero-order valence-electron chi connectivity index (χ0n) is 10.9. The van der Waals surface area contributed by atoms with Gasteiger partial charge in [-0.05, 0) is 32.0 Å². The third-order valence-corrected chi connectivity index (χ3v) is 2.78. The molecule has 0 fully saturated rings. The summed E-state index contributed by atoms with van der Waals surface area (Å²) in [4.78, 5) is 12.0. The molecule has 0 aliphatic carbocycles. The van der Waals surface area contributed by atoms with Crippen molar-refractivity contribution in [1.29, 1.82) is 0 Å². The second kappa shape index (κ2) is 7.24. The van der Waals surface area contributed by atoms with Gasteiger partial charge in [0.25, 0.3) is 5.91 Å². The molecule has 0 heterocycles. The number of hydrogen-bond donors (Lipinski definition) is 2. The van der Waals surface area contributed by atoms with E-state index in [2.05, 4.69) is 10.6 Å². The Hall–Kier alpha value is -1.26. The van der Waals surface area contributed by atoms with Gasteiger partial charge in [0, 0.05) is 30.9 Å². The van der Waals surface area contributed by atoms with Crippen molar-refractivity contribution in [3.63, 3.8) is 0 Å². The summed E-state index contributed by atoms with van der Waals surface area (Å²) < 4.78 is 5.08. The molecule has 1 unspecified atom stereocenters. The normalized spacial score (nSPS) is 12.0. The molecule has 18 heavy (non-hydrogen) atoms. The Morgan fingerprint density at radius 2 is 2.22 bits per heavy atom. The Morgan fingerprint density at radius 1 is 1.50 bits per heavy atom. The quantitative estimate of drug-likeness (QED) is 0.835. The number of hydrogen-bond acceptors (Lipinski definition) is 3. The number of benzene rings is 1. The van der Waals surface area contributed by atoms with E-state index in [9.17, 15) is 4.79 Å². The first-order valence-corrected chi connectivity index (χ1v) is 6.30. The van der Waals surface area contributed by atoms with Gasteiger partial charge in [-0.3, -0.25) is 4.79 Å². The van der Waals surface area contributed by atoms with Gasteiger partial charge in [-0.2, -0.15) is 0 Å². The Labute approximate surface area is 113 Å². The van der Waals surface area contributed by atoms with Gasteiger partial charge in [0.15, 0.2) is 0 Å². The molecule has 0 spiro atoms. The summed E-state index contributed by atoms with van der Waals surface area (Å²) >= 11 is 5.92. The summed E-state index contributed by atoms with van der Waals surface area (Å²) in [5, 5.41) is 6.49. The van der Waals surface area contributed by atoms with E-state index in [0.29, 0.717) is 17.1 Å². The van der Waals surface area contributed by atoms with E-state index < -0.39 is 0 Å². The molecule has 2 N–H and O–H groups in total. The molecule has 1 rings (SSSR count). The highest BCUT2D eigenvalue weighted by atomic mass is 35.5. The smallest absolute Gasteiger partial charge is 0.253 e. The molecule has 0 aliphatic heterocycles. The molecule has 1 aromatic rings. The Morgan fingerprint density at radius 3 is 2.83 bits per heavy atom. The summed E-state index contributed by atoms with van der Waals surface area (Å²) in [5.74, 6) is -0.155. The van der Waals surface area contributed by atoms with E-state index in [1.165, 1.54) is 0 Å². The lowest BCUT2D eigenvalue weighted by molar-refractivity contribution is 0.0871. The van der Waals surface area contributed by atoms with E-state index in [1.54, 1.807) is 25.3 Å². The molecule has 0 aromatic heterocycles. The first-order valence-electron chi connectivity index (χ1n) is 5.92. The lowest BCUT2D eigenvalue weighted by Gasteiger charge is -2.14. The number of anilines is 1. The zero-order chi connectivity index (χ0) is 13.5. The predicted octanol–water partition coefficient (Wildman–Crippen LogP) is 2.54. The molecule has 1 aromatic carbocycles. The van der Waals surface area contributed by atoms with Crippen molar-refractivity contribution in [1.82, 2.24) is 5.32 Å². The number of amides is 1. The van der Waals surface area contributed by atoms with Crippen LogP contribution in [0.15, 0.2) is 18.2 Å². The first-order chi connectivity index (χ1) is 8.58. The van der Waals surface area contributed by atoms with Crippen LogP contribution >= 0.6 is 11.6 Å². The van der Waals surface area contributed by atoms with Gasteiger partial charge in [0.05, 0.1) is 11.7 Å². The van der Waals surface area contributed by atoms with Crippen molar-refractivity contribution in [3.05, 3.63) is 28.8 Å². The molecule has 0 saturated heterocycles. The van der Waals surface area contributed by atoms with Crippen LogP contribution in [0.2, 0.25) is 5.02 Å². The van der Waals surface area contributed by atoms with E-state index in [0.717, 1.165) is 12.2 Å². The largest absolute Gasteiger partial charge is 0.385 e. The van der Waals surface area contributed by atoms with Crippen molar-refractivity contribution in [3.8, 4) is 0 Å². The fourth-order valence-electron chi connectivity index (χ4n) is 1.46. The maximum Gasteiger partial charge on any atom is 0.253 e. The summed E-state index contributed by atoms with van der Waals surface area (Å²) in [6.07, 6.45) is -0.0179. The minimum Gasteiger partial charge on any atom is -0.385 e. The van der Waals surface area contributed by atoms with Gasteiger partial charge in [-0.25, -0.2) is 0 Å². The van der Waals surface area contributed by atoms with Gasteiger partial charge < -0.3 is 15.4 Å². The number of ether oxygens (including phenoxy) is 1. The third-order valence-electron chi connectivity index (χ3n) is 2.55. The number of nitrogens with one attached hydrogen (secondary N) is 2. The number of halogens is 1. The first kappa shape index (κ1) is 14.8. The maximum atomic E-state index is 12.0. The molecule has 1 atom stereocenters. The van der Waals surface area contributed by atoms with Gasteiger partial charge in [-0.1, -0.05) is 11.6 Å². The molecule has 0 bridgehead atoms. The molecule has 0 radical (unpaired) electrons. The summed E-state index contributed by atoms with van der Waals surface area (Å²) in [6.45, 7) is 5.08. The van der Waals surface area contributed by atoms with Gasteiger partial charge >= 0.3 is 0 Å². The highest BCUT2D eigenvalue weighted by Crippen LogP contribution is 2.20. The lowest BCUT2D eigenvalue weighted by atomic mass is 10.1. The van der Waals surface area contributed by atoms with Crippen molar-refractivity contribution >= 4 is 23.2 Å². The fourth-order valence-corrected chi connectivity index (χ4v) is 1.64. The van der Waals surface area contributed by atoms with Crippen molar-refractivity contribution < 1.29 is 9.53 Å². The molecular formula is C13H19ClN2O2. The minimum absolute atomic E-state index is 0.0179. The highest BCUT2D eigenvalue weighted by molar-refractivity contribution is 6.31. The second-order valence-corrected chi connectivity index (χ2v) is 4.41. The molecule has 100 valence electrons. The topological polar surface area (TPSA) is 50.4 Å². The Bertz CT molecular complexity index is 410. The number of carbonyl (C=O) groups is 1. The van der Waals surface area contributed by atoms with Crippen LogP contribution in [0.5, 0.6) is 0 Å². The monoisotopic (exact) mass is 270 g/mol. The van der Waals surface area contributed by atoms with E-state index in [4.69, 9.17) is 16.3 Å². The highest BCUT2D eigenvalue weighted by Gasteiger charge is 2.12. The Kier molecular flexibility index (Phi) is 5.95. The van der Waals surface area contributed by atoms with Crippen LogP contribution in [0.25, 0.3) is 0 Å². The summed E-state index contributed by atoms with van der Waals surface area (Å²) in [7, 11) is 1.61. The van der Waals surface area contributed by atoms with Crippen LogP contribution in [0, 0.1) is 0 Å². The number of rotatable bonds is 6. The summed E-state index contributed by atoms with van der Waals surface area (Å²) in [6, 6.07) is 5.22. The van der Waals surface area contributed by atoms with Crippen LogP contribution in [0.3, 0.4) is 0 Å². The molecule has 4 nitrogen and oxygen atoms in total. The van der Waals surface area contributed by atoms with E-state index >= 15 is 0 Å². The number of carbonyl (C=O) groups excluding carboxylic acids is 1. The summed E-state index contributed by atoms with van der Waals surface area (Å²) in [5.41, 5.74) is 1.33. The van der Waals surface area contributed by atoms with Crippen LogP contribution in [0.1, 0.15) is 24.2 Å². The third kappa shape index (κ3) is 4.20. The van der Waals surface area contributed by atoms with Gasteiger partial charge in [0.1, 0.15) is 0 Å². The fraction of sp³-hybridized carbons (Fsp3) is 0.462. The lowest BCUT2D eigenvalue weighted by Crippen LogP contribution is -2.32. The van der Waals surface area contributed by atoms with Crippen LogP contribution in [0.4, 0.5) is 5.69 Å². The average molecular weight is 271 g/mol. The van der Waals surface area contributed by atoms with Gasteiger partial charge in [-0.15, -0.1) is 0 Å². The SMILES string of the molecule is CCNc1ccc(Cl)cc1C(=O)NCC(C)OC. The zero-order valence-corrected chi connectivity index (χ0v) is 11.7. The van der Waals surface area contributed by atoms with Crippen LogP contribution in [-0.2, 0) is 4.74 Å². The second-order valence-electron chi connectivity index (χ2n) is 3.98. The molecule has 0 saturated carbocycles. The van der Waals surface area contributed by atoms with Crippen LogP contribution in [-0.4, -0.2) is 32.2 Å². The predicted molar refractivity (Wildman–Crippen MR) is 74.4 cm³/mol. The Balaban J connectivity index is 2.79. The maximum absolute atomic E-state index is 12.0. The molecule has 0 aliphatic rings.